The molecule has 0 bridgehead atoms. The van der Waals surface area contributed by atoms with E-state index in [9.17, 15) is 18.0 Å². The van der Waals surface area contributed by atoms with Crippen LogP contribution >= 0.6 is 11.3 Å². The molecule has 26 heavy (non-hydrogen) atoms. The molecule has 1 atom stereocenters. The molecule has 2 aromatic rings. The summed E-state index contributed by atoms with van der Waals surface area (Å²) in [6.45, 7) is 6.31. The summed E-state index contributed by atoms with van der Waals surface area (Å²) < 4.78 is 38.6. The number of benzene rings is 1. The van der Waals surface area contributed by atoms with Crippen molar-refractivity contribution in [1.29, 1.82) is 0 Å². The average Bonchev–Trinajstić information content (AvgIpc) is 3.04. The van der Waals surface area contributed by atoms with E-state index in [2.05, 4.69) is 19.2 Å². The van der Waals surface area contributed by atoms with Gasteiger partial charge >= 0.3 is 6.18 Å². The highest BCUT2D eigenvalue weighted by atomic mass is 32.1. The highest BCUT2D eigenvalue weighted by Gasteiger charge is 2.30. The van der Waals surface area contributed by atoms with Gasteiger partial charge in [-0.1, -0.05) is 38.8 Å². The first-order valence-electron chi connectivity index (χ1n) is 8.75. The number of carbonyl (C=O) groups is 1. The van der Waals surface area contributed by atoms with Crippen molar-refractivity contribution in [2.45, 2.75) is 52.3 Å². The zero-order valence-corrected chi connectivity index (χ0v) is 16.0. The monoisotopic (exact) mass is 383 g/mol. The predicted octanol–water partition coefficient (Wildman–Crippen LogP) is 6.38. The third-order valence-corrected chi connectivity index (χ3v) is 5.23. The van der Waals surface area contributed by atoms with Crippen molar-refractivity contribution in [3.8, 4) is 10.4 Å². The molecule has 1 unspecified atom stereocenters. The number of nitrogens with one attached hydrogen (secondary N) is 1. The van der Waals surface area contributed by atoms with Crippen molar-refractivity contribution in [2.75, 3.05) is 0 Å². The molecule has 2 nitrogen and oxygen atoms in total. The van der Waals surface area contributed by atoms with Crippen LogP contribution in [0.1, 0.15) is 55.3 Å². The molecule has 142 valence electrons. The molecule has 6 heteroatoms. The topological polar surface area (TPSA) is 29.1 Å². The third-order valence-electron chi connectivity index (χ3n) is 4.10. The third kappa shape index (κ3) is 5.87. The lowest BCUT2D eigenvalue weighted by Crippen LogP contribution is -2.31. The highest BCUT2D eigenvalue weighted by molar-refractivity contribution is 7.17. The zero-order valence-electron chi connectivity index (χ0n) is 15.2. The summed E-state index contributed by atoms with van der Waals surface area (Å²) in [6, 6.07) is 8.59. The Morgan fingerprint density at radius 2 is 1.85 bits per heavy atom. The molecule has 2 rings (SSSR count). The maximum atomic E-state index is 12.9. The van der Waals surface area contributed by atoms with Gasteiger partial charge in [0, 0.05) is 10.9 Å². The summed E-state index contributed by atoms with van der Waals surface area (Å²) in [5.74, 6) is 0.468. The van der Waals surface area contributed by atoms with Crippen LogP contribution in [0.5, 0.6) is 0 Å². The quantitative estimate of drug-likeness (QED) is 0.591. The predicted molar refractivity (Wildman–Crippen MR) is 100 cm³/mol. The Balaban J connectivity index is 2.02. The van der Waals surface area contributed by atoms with Gasteiger partial charge in [-0.25, -0.2) is 0 Å². The SMILES string of the molecule is CC(C)CCCC(C)NC(=O)c1ccc(-c2cccc(C(F)(F)F)c2)s1. The van der Waals surface area contributed by atoms with Crippen molar-refractivity contribution in [2.24, 2.45) is 5.92 Å². The molecule has 1 aromatic carbocycles. The molecule has 1 amide bonds. The molecule has 0 fully saturated rings. The molecule has 0 aliphatic carbocycles. The summed E-state index contributed by atoms with van der Waals surface area (Å²) in [6.07, 6.45) is -1.29. The lowest BCUT2D eigenvalue weighted by molar-refractivity contribution is -0.137. The highest BCUT2D eigenvalue weighted by Crippen LogP contribution is 2.34. The van der Waals surface area contributed by atoms with E-state index in [-0.39, 0.29) is 11.9 Å². The van der Waals surface area contributed by atoms with Gasteiger partial charge in [-0.15, -0.1) is 11.3 Å². The van der Waals surface area contributed by atoms with E-state index in [0.29, 0.717) is 21.2 Å². The Bertz CT molecular complexity index is 737. The Labute approximate surface area is 156 Å². The molecule has 1 N–H and O–H groups in total. The zero-order chi connectivity index (χ0) is 19.3. The Morgan fingerprint density at radius 1 is 1.12 bits per heavy atom. The Kier molecular flexibility index (Phi) is 6.87. The molecule has 0 saturated heterocycles. The summed E-state index contributed by atoms with van der Waals surface area (Å²) in [4.78, 5) is 13.5. The van der Waals surface area contributed by atoms with Gasteiger partial charge in [-0.05, 0) is 49.1 Å². The lowest BCUT2D eigenvalue weighted by Gasteiger charge is -2.13. The number of alkyl halides is 3. The minimum atomic E-state index is -4.38. The van der Waals surface area contributed by atoms with Gasteiger partial charge in [0.2, 0.25) is 0 Å². The smallest absolute Gasteiger partial charge is 0.349 e. The first kappa shape index (κ1) is 20.5. The van der Waals surface area contributed by atoms with Crippen molar-refractivity contribution in [1.82, 2.24) is 5.32 Å². The number of carbonyl (C=O) groups excluding carboxylic acids is 1. The molecular formula is C20H24F3NOS. The number of rotatable bonds is 7. The van der Waals surface area contributed by atoms with E-state index < -0.39 is 11.7 Å². The maximum Gasteiger partial charge on any atom is 0.416 e. The van der Waals surface area contributed by atoms with Crippen LogP contribution in [0, 0.1) is 5.92 Å². The van der Waals surface area contributed by atoms with E-state index in [0.717, 1.165) is 31.4 Å². The van der Waals surface area contributed by atoms with Crippen LogP contribution in [0.15, 0.2) is 36.4 Å². The van der Waals surface area contributed by atoms with E-state index >= 15 is 0 Å². The first-order valence-corrected chi connectivity index (χ1v) is 9.57. The van der Waals surface area contributed by atoms with Crippen molar-refractivity contribution in [3.63, 3.8) is 0 Å². The molecule has 0 saturated carbocycles. The number of hydrogen-bond acceptors (Lipinski definition) is 2. The normalized spacial score (nSPS) is 13.0. The average molecular weight is 383 g/mol. The summed E-state index contributed by atoms with van der Waals surface area (Å²) in [7, 11) is 0. The van der Waals surface area contributed by atoms with E-state index in [4.69, 9.17) is 0 Å². The molecule has 0 aliphatic rings. The second kappa shape index (κ2) is 8.71. The second-order valence-corrected chi connectivity index (χ2v) is 8.03. The van der Waals surface area contributed by atoms with Crippen molar-refractivity contribution in [3.05, 3.63) is 46.8 Å². The van der Waals surface area contributed by atoms with E-state index in [1.165, 1.54) is 17.4 Å². The van der Waals surface area contributed by atoms with Crippen LogP contribution in [-0.2, 0) is 6.18 Å². The number of halogens is 3. The summed E-state index contributed by atoms with van der Waals surface area (Å²) >= 11 is 1.20. The van der Waals surface area contributed by atoms with Crippen LogP contribution in [0.3, 0.4) is 0 Å². The van der Waals surface area contributed by atoms with Gasteiger partial charge < -0.3 is 5.32 Å². The summed E-state index contributed by atoms with van der Waals surface area (Å²) in [5, 5.41) is 2.96. The standard InChI is InChI=1S/C20H24F3NOS/c1-13(2)6-4-7-14(3)24-19(25)18-11-10-17(26-18)15-8-5-9-16(12-15)20(21,22)23/h5,8-14H,4,6-7H2,1-3H3,(H,24,25). The van der Waals surface area contributed by atoms with Gasteiger partial charge in [-0.2, -0.15) is 13.2 Å². The van der Waals surface area contributed by atoms with Gasteiger partial charge in [0.1, 0.15) is 0 Å². The van der Waals surface area contributed by atoms with E-state index in [1.54, 1.807) is 18.2 Å². The van der Waals surface area contributed by atoms with Crippen LogP contribution < -0.4 is 5.32 Å². The van der Waals surface area contributed by atoms with Gasteiger partial charge in [0.25, 0.3) is 5.91 Å². The molecule has 0 radical (unpaired) electrons. The fourth-order valence-electron chi connectivity index (χ4n) is 2.66. The minimum Gasteiger partial charge on any atom is -0.349 e. The van der Waals surface area contributed by atoms with Gasteiger partial charge in [0.05, 0.1) is 10.4 Å². The fraction of sp³-hybridized carbons (Fsp3) is 0.450. The molecule has 1 aromatic heterocycles. The second-order valence-electron chi connectivity index (χ2n) is 6.94. The molecule has 0 spiro atoms. The van der Waals surface area contributed by atoms with Gasteiger partial charge in [-0.3, -0.25) is 4.79 Å². The maximum absolute atomic E-state index is 12.9. The lowest BCUT2D eigenvalue weighted by atomic mass is 10.0. The number of thiophene rings is 1. The Morgan fingerprint density at radius 3 is 2.50 bits per heavy atom. The van der Waals surface area contributed by atoms with Crippen LogP contribution in [0.2, 0.25) is 0 Å². The number of amides is 1. The fourth-order valence-corrected chi connectivity index (χ4v) is 3.57. The van der Waals surface area contributed by atoms with E-state index in [1.807, 2.05) is 6.92 Å². The van der Waals surface area contributed by atoms with Crippen molar-refractivity contribution < 1.29 is 18.0 Å². The largest absolute Gasteiger partial charge is 0.416 e. The molecular weight excluding hydrogens is 359 g/mol. The first-order chi connectivity index (χ1) is 12.2. The Hall–Kier alpha value is -1.82. The molecule has 1 heterocycles. The minimum absolute atomic E-state index is 0.0698. The summed E-state index contributed by atoms with van der Waals surface area (Å²) in [5.41, 5.74) is -0.220. The van der Waals surface area contributed by atoms with Gasteiger partial charge in [0.15, 0.2) is 0 Å². The van der Waals surface area contributed by atoms with Crippen LogP contribution in [-0.4, -0.2) is 11.9 Å². The van der Waals surface area contributed by atoms with Crippen LogP contribution in [0.4, 0.5) is 13.2 Å². The number of hydrogen-bond donors (Lipinski definition) is 1. The molecule has 0 aliphatic heterocycles. The van der Waals surface area contributed by atoms with Crippen LogP contribution in [0.25, 0.3) is 10.4 Å². The van der Waals surface area contributed by atoms with Crippen molar-refractivity contribution >= 4 is 17.2 Å².